The van der Waals surface area contributed by atoms with Crippen LogP contribution in [-0.2, 0) is 0 Å². The summed E-state index contributed by atoms with van der Waals surface area (Å²) in [6, 6.07) is 5.79. The van der Waals surface area contributed by atoms with Gasteiger partial charge in [0.25, 0.3) is 0 Å². The Balaban J connectivity index is 1.85. The van der Waals surface area contributed by atoms with Crippen LogP contribution >= 0.6 is 11.6 Å². The molecule has 0 saturated carbocycles. The second-order valence-corrected chi connectivity index (χ2v) is 5.14. The molecule has 0 aliphatic heterocycles. The van der Waals surface area contributed by atoms with Crippen molar-refractivity contribution in [3.63, 3.8) is 0 Å². The lowest BCUT2D eigenvalue weighted by Gasteiger charge is -2.12. The van der Waals surface area contributed by atoms with Crippen LogP contribution < -0.4 is 14.8 Å². The average molecular weight is 322 g/mol. The van der Waals surface area contributed by atoms with Crippen LogP contribution in [0.4, 0.5) is 5.82 Å². The monoisotopic (exact) mass is 321 g/mol. The third-order valence-electron chi connectivity index (χ3n) is 3.07. The molecule has 0 aliphatic rings. The number of hydrogen-bond donors (Lipinski definition) is 1. The van der Waals surface area contributed by atoms with Gasteiger partial charge < -0.3 is 14.8 Å². The largest absolute Gasteiger partial charge is 0.494 e. The number of nitrogens with zero attached hydrogens (tertiary/aromatic N) is 2. The minimum absolute atomic E-state index is 0.508. The zero-order valence-electron chi connectivity index (χ0n) is 13.0. The first-order valence-corrected chi connectivity index (χ1v) is 7.56. The van der Waals surface area contributed by atoms with Gasteiger partial charge >= 0.3 is 0 Å². The molecule has 6 heteroatoms. The van der Waals surface area contributed by atoms with Crippen LogP contribution in [0, 0.1) is 13.8 Å². The van der Waals surface area contributed by atoms with E-state index in [1.165, 1.54) is 6.33 Å². The highest BCUT2D eigenvalue weighted by Gasteiger charge is 2.05. The molecule has 0 fully saturated rings. The molecule has 1 aromatic carbocycles. The fourth-order valence-electron chi connectivity index (χ4n) is 1.95. The van der Waals surface area contributed by atoms with E-state index in [9.17, 15) is 0 Å². The summed E-state index contributed by atoms with van der Waals surface area (Å²) < 4.78 is 11.2. The molecule has 1 aromatic heterocycles. The number of anilines is 1. The summed E-state index contributed by atoms with van der Waals surface area (Å²) in [7, 11) is 0. The number of rotatable bonds is 7. The van der Waals surface area contributed by atoms with E-state index in [1.807, 2.05) is 39.0 Å². The fraction of sp³-hybridized carbons (Fsp3) is 0.375. The average Bonchev–Trinajstić information content (AvgIpc) is 2.50. The van der Waals surface area contributed by atoms with Gasteiger partial charge in [0, 0.05) is 0 Å². The topological polar surface area (TPSA) is 56.3 Å². The second-order valence-electron chi connectivity index (χ2n) is 4.76. The lowest BCUT2D eigenvalue weighted by molar-refractivity contribution is 0.324. The Kier molecular flexibility index (Phi) is 5.83. The number of aryl methyl sites for hydroxylation is 2. The molecule has 0 amide bonds. The van der Waals surface area contributed by atoms with Crippen molar-refractivity contribution in [3.05, 3.63) is 40.8 Å². The highest BCUT2D eigenvalue weighted by molar-refractivity contribution is 6.33. The number of benzene rings is 1. The molecule has 0 aliphatic carbocycles. The van der Waals surface area contributed by atoms with Gasteiger partial charge in [-0.3, -0.25) is 0 Å². The molecule has 0 radical (unpaired) electrons. The maximum absolute atomic E-state index is 6.12. The summed E-state index contributed by atoms with van der Waals surface area (Å²) in [5.41, 5.74) is 1.80. The quantitative estimate of drug-likeness (QED) is 0.789. The van der Waals surface area contributed by atoms with Crippen molar-refractivity contribution in [3.8, 4) is 11.5 Å². The van der Waals surface area contributed by atoms with Crippen molar-refractivity contribution in [1.82, 2.24) is 9.97 Å². The van der Waals surface area contributed by atoms with E-state index >= 15 is 0 Å². The summed E-state index contributed by atoms with van der Waals surface area (Å²) in [4.78, 5) is 8.13. The molecule has 2 rings (SSSR count). The van der Waals surface area contributed by atoms with Crippen molar-refractivity contribution in [2.75, 3.05) is 25.1 Å². The van der Waals surface area contributed by atoms with Gasteiger partial charge in [-0.1, -0.05) is 11.6 Å². The Morgan fingerprint density at radius 2 is 2.00 bits per heavy atom. The van der Waals surface area contributed by atoms with Crippen LogP contribution in [0.3, 0.4) is 0 Å². The molecule has 0 saturated heterocycles. The number of ether oxygens (including phenoxy) is 2. The van der Waals surface area contributed by atoms with E-state index in [4.69, 9.17) is 21.1 Å². The third kappa shape index (κ3) is 4.24. The molecular weight excluding hydrogens is 302 g/mol. The molecule has 1 N–H and O–H groups in total. The first kappa shape index (κ1) is 16.4. The Morgan fingerprint density at radius 3 is 2.73 bits per heavy atom. The van der Waals surface area contributed by atoms with Crippen molar-refractivity contribution in [2.45, 2.75) is 20.8 Å². The summed E-state index contributed by atoms with van der Waals surface area (Å²) in [6.07, 6.45) is 1.49. The molecular formula is C16H20ClN3O2. The Hall–Kier alpha value is -2.01. The van der Waals surface area contributed by atoms with Crippen LogP contribution in [0.5, 0.6) is 11.5 Å². The highest BCUT2D eigenvalue weighted by atomic mass is 35.5. The van der Waals surface area contributed by atoms with Gasteiger partial charge in [-0.25, -0.2) is 9.97 Å². The Bertz CT molecular complexity index is 635. The molecule has 2 aromatic rings. The molecule has 0 bridgehead atoms. The smallest absolute Gasteiger partial charge is 0.148 e. The van der Waals surface area contributed by atoms with E-state index < -0.39 is 0 Å². The van der Waals surface area contributed by atoms with E-state index in [-0.39, 0.29) is 0 Å². The van der Waals surface area contributed by atoms with Crippen LogP contribution in [0.1, 0.15) is 18.2 Å². The van der Waals surface area contributed by atoms with Crippen molar-refractivity contribution in [2.24, 2.45) is 0 Å². The van der Waals surface area contributed by atoms with E-state index in [2.05, 4.69) is 15.3 Å². The summed E-state index contributed by atoms with van der Waals surface area (Å²) >= 11 is 6.12. The van der Waals surface area contributed by atoms with Crippen molar-refractivity contribution < 1.29 is 9.47 Å². The lowest BCUT2D eigenvalue weighted by atomic mass is 10.2. The predicted octanol–water partition coefficient (Wildman–Crippen LogP) is 3.64. The maximum atomic E-state index is 6.12. The van der Waals surface area contributed by atoms with Crippen LogP contribution in [0.25, 0.3) is 0 Å². The summed E-state index contributed by atoms with van der Waals surface area (Å²) in [5, 5.41) is 3.68. The fourth-order valence-corrected chi connectivity index (χ4v) is 2.12. The van der Waals surface area contributed by atoms with Crippen LogP contribution in [-0.4, -0.2) is 29.7 Å². The highest BCUT2D eigenvalue weighted by Crippen LogP contribution is 2.24. The number of aromatic nitrogens is 2. The molecule has 118 valence electrons. The van der Waals surface area contributed by atoms with Gasteiger partial charge in [0.1, 0.15) is 35.3 Å². The predicted molar refractivity (Wildman–Crippen MR) is 88.1 cm³/mol. The number of hydrogen-bond acceptors (Lipinski definition) is 5. The SMILES string of the molecule is CCOc1ccc(OCCNc2ncnc(C)c2Cl)c(C)c1. The van der Waals surface area contributed by atoms with Crippen molar-refractivity contribution >= 4 is 17.4 Å². The molecule has 0 spiro atoms. The molecule has 22 heavy (non-hydrogen) atoms. The van der Waals surface area contributed by atoms with Gasteiger partial charge in [-0.2, -0.15) is 0 Å². The van der Waals surface area contributed by atoms with Gasteiger partial charge in [0.05, 0.1) is 18.8 Å². The van der Waals surface area contributed by atoms with Gasteiger partial charge in [-0.05, 0) is 44.5 Å². The maximum Gasteiger partial charge on any atom is 0.148 e. The zero-order valence-corrected chi connectivity index (χ0v) is 13.8. The second kappa shape index (κ2) is 7.84. The normalized spacial score (nSPS) is 10.4. The minimum atomic E-state index is 0.508. The summed E-state index contributed by atoms with van der Waals surface area (Å²) in [6.45, 7) is 7.57. The first-order valence-electron chi connectivity index (χ1n) is 7.19. The number of nitrogens with one attached hydrogen (secondary N) is 1. The first-order chi connectivity index (χ1) is 10.6. The molecule has 5 nitrogen and oxygen atoms in total. The standard InChI is InChI=1S/C16H20ClN3O2/c1-4-21-13-5-6-14(11(2)9-13)22-8-7-18-16-15(17)12(3)19-10-20-16/h5-6,9-10H,4,7-8H2,1-3H3,(H,18,19,20). The minimum Gasteiger partial charge on any atom is -0.494 e. The molecule has 1 heterocycles. The Morgan fingerprint density at radius 1 is 1.18 bits per heavy atom. The Labute approximate surface area is 135 Å². The molecule has 0 atom stereocenters. The van der Waals surface area contributed by atoms with Gasteiger partial charge in [0.2, 0.25) is 0 Å². The van der Waals surface area contributed by atoms with Gasteiger partial charge in [-0.15, -0.1) is 0 Å². The zero-order chi connectivity index (χ0) is 15.9. The van der Waals surface area contributed by atoms with E-state index in [0.717, 1.165) is 22.8 Å². The van der Waals surface area contributed by atoms with E-state index in [0.29, 0.717) is 30.6 Å². The van der Waals surface area contributed by atoms with Gasteiger partial charge in [0.15, 0.2) is 0 Å². The van der Waals surface area contributed by atoms with Crippen molar-refractivity contribution in [1.29, 1.82) is 0 Å². The van der Waals surface area contributed by atoms with E-state index in [1.54, 1.807) is 0 Å². The lowest BCUT2D eigenvalue weighted by Crippen LogP contribution is -2.13. The summed E-state index contributed by atoms with van der Waals surface area (Å²) in [5.74, 6) is 2.32. The number of halogens is 1. The van der Waals surface area contributed by atoms with Crippen LogP contribution in [0.15, 0.2) is 24.5 Å². The van der Waals surface area contributed by atoms with Crippen LogP contribution in [0.2, 0.25) is 5.02 Å². The molecule has 0 unspecified atom stereocenters. The third-order valence-corrected chi connectivity index (χ3v) is 3.53.